The van der Waals surface area contributed by atoms with Crippen LogP contribution in [0.4, 0.5) is 0 Å². The van der Waals surface area contributed by atoms with Gasteiger partial charge in [0, 0.05) is 30.6 Å². The maximum atomic E-state index is 10.6. The predicted molar refractivity (Wildman–Crippen MR) is 108 cm³/mol. The second-order valence-corrected chi connectivity index (χ2v) is 7.71. The molecule has 1 heterocycles. The Labute approximate surface area is 156 Å². The molecule has 22 heavy (non-hydrogen) atoms. The molecule has 1 aliphatic carbocycles. The fraction of sp³-hybridized carbons (Fsp3) is 0.938. The zero-order valence-electron chi connectivity index (χ0n) is 14.0. The minimum absolute atomic E-state index is 0. The van der Waals surface area contributed by atoms with E-state index in [-0.39, 0.29) is 24.0 Å². The minimum atomic E-state index is -0.562. The molecule has 1 atom stereocenters. The summed E-state index contributed by atoms with van der Waals surface area (Å²) in [5.74, 6) is 2.17. The van der Waals surface area contributed by atoms with Crippen molar-refractivity contribution in [1.29, 1.82) is 0 Å². The molecule has 2 N–H and O–H groups in total. The van der Waals surface area contributed by atoms with Crippen LogP contribution in [0.25, 0.3) is 0 Å². The molecule has 0 aromatic heterocycles. The highest BCUT2D eigenvalue weighted by Gasteiger charge is 2.29. The van der Waals surface area contributed by atoms with Gasteiger partial charge in [-0.05, 0) is 26.2 Å². The quantitative estimate of drug-likeness (QED) is 0.400. The van der Waals surface area contributed by atoms with Crippen molar-refractivity contribution in [2.75, 3.05) is 31.9 Å². The minimum Gasteiger partial charge on any atom is -0.388 e. The monoisotopic (exact) mass is 441 g/mol. The lowest BCUT2D eigenvalue weighted by molar-refractivity contribution is 0.0129. The second-order valence-electron chi connectivity index (χ2n) is 6.30. The van der Waals surface area contributed by atoms with Crippen LogP contribution in [0.15, 0.2) is 4.99 Å². The molecule has 2 aliphatic rings. The summed E-state index contributed by atoms with van der Waals surface area (Å²) in [6, 6.07) is 0. The van der Waals surface area contributed by atoms with Gasteiger partial charge in [-0.2, -0.15) is 11.8 Å². The Hall–Kier alpha value is 0.310. The van der Waals surface area contributed by atoms with Crippen molar-refractivity contribution in [2.24, 2.45) is 4.99 Å². The van der Waals surface area contributed by atoms with Crippen LogP contribution >= 0.6 is 35.7 Å². The first-order valence-corrected chi connectivity index (χ1v) is 9.59. The Morgan fingerprint density at radius 1 is 1.32 bits per heavy atom. The molecule has 0 bridgehead atoms. The SMILES string of the molecule is CCNC(=NCC1(O)CCCCC1)N1CCSC(CC)C1.I. The van der Waals surface area contributed by atoms with Crippen LogP contribution in [0.3, 0.4) is 0 Å². The summed E-state index contributed by atoms with van der Waals surface area (Å²) in [7, 11) is 0. The van der Waals surface area contributed by atoms with Crippen molar-refractivity contribution in [3.05, 3.63) is 0 Å². The number of rotatable bonds is 4. The van der Waals surface area contributed by atoms with Crippen LogP contribution in [0, 0.1) is 0 Å². The fourth-order valence-corrected chi connectivity index (χ4v) is 4.35. The molecule has 6 heteroatoms. The largest absolute Gasteiger partial charge is 0.388 e. The first-order valence-electron chi connectivity index (χ1n) is 8.54. The molecular weight excluding hydrogens is 409 g/mol. The summed E-state index contributed by atoms with van der Waals surface area (Å²) in [5.41, 5.74) is -0.562. The summed E-state index contributed by atoms with van der Waals surface area (Å²) < 4.78 is 0. The predicted octanol–water partition coefficient (Wildman–Crippen LogP) is 3.09. The third-order valence-electron chi connectivity index (χ3n) is 4.54. The Balaban J connectivity index is 0.00000242. The van der Waals surface area contributed by atoms with E-state index in [0.717, 1.165) is 51.3 Å². The van der Waals surface area contributed by atoms with Crippen LogP contribution in [-0.4, -0.2) is 58.7 Å². The molecule has 2 rings (SSSR count). The number of thioether (sulfide) groups is 1. The van der Waals surface area contributed by atoms with Gasteiger partial charge in [-0.15, -0.1) is 24.0 Å². The summed E-state index contributed by atoms with van der Waals surface area (Å²) in [4.78, 5) is 7.15. The maximum absolute atomic E-state index is 10.6. The van der Waals surface area contributed by atoms with E-state index in [1.807, 2.05) is 0 Å². The number of aliphatic hydroxyl groups is 1. The summed E-state index contributed by atoms with van der Waals surface area (Å²) in [5, 5.41) is 14.7. The molecule has 1 saturated heterocycles. The number of hydrogen-bond donors (Lipinski definition) is 2. The average Bonchev–Trinajstić information content (AvgIpc) is 2.52. The van der Waals surface area contributed by atoms with Crippen LogP contribution in [-0.2, 0) is 0 Å². The number of halogens is 1. The van der Waals surface area contributed by atoms with Crippen LogP contribution in [0.1, 0.15) is 52.4 Å². The lowest BCUT2D eigenvalue weighted by Crippen LogP contribution is -2.48. The van der Waals surface area contributed by atoms with Crippen molar-refractivity contribution < 1.29 is 5.11 Å². The molecule has 4 nitrogen and oxygen atoms in total. The van der Waals surface area contributed by atoms with Crippen molar-refractivity contribution in [2.45, 2.75) is 63.2 Å². The van der Waals surface area contributed by atoms with Gasteiger partial charge in [0.05, 0.1) is 12.1 Å². The third kappa shape index (κ3) is 6.07. The molecular formula is C16H32IN3OS. The highest BCUT2D eigenvalue weighted by molar-refractivity contribution is 14.0. The normalized spacial score (nSPS) is 25.5. The molecule has 0 radical (unpaired) electrons. The highest BCUT2D eigenvalue weighted by Crippen LogP contribution is 2.28. The molecule has 0 spiro atoms. The lowest BCUT2D eigenvalue weighted by Gasteiger charge is -2.35. The van der Waals surface area contributed by atoms with E-state index in [1.165, 1.54) is 18.6 Å². The molecule has 0 aromatic carbocycles. The smallest absolute Gasteiger partial charge is 0.194 e. The molecule has 1 saturated carbocycles. The zero-order chi connectivity index (χ0) is 15.1. The Bertz CT molecular complexity index is 348. The van der Waals surface area contributed by atoms with E-state index in [1.54, 1.807) is 0 Å². The Kier molecular flexibility index (Phi) is 9.47. The van der Waals surface area contributed by atoms with E-state index in [9.17, 15) is 5.11 Å². The van der Waals surface area contributed by atoms with Gasteiger partial charge in [0.25, 0.3) is 0 Å². The molecule has 0 aromatic rings. The fourth-order valence-electron chi connectivity index (χ4n) is 3.17. The first kappa shape index (κ1) is 20.4. The molecule has 1 aliphatic heterocycles. The van der Waals surface area contributed by atoms with E-state index < -0.39 is 5.60 Å². The van der Waals surface area contributed by atoms with E-state index in [4.69, 9.17) is 4.99 Å². The number of guanidine groups is 1. The van der Waals surface area contributed by atoms with E-state index in [2.05, 4.69) is 35.8 Å². The van der Waals surface area contributed by atoms with Gasteiger partial charge in [-0.1, -0.05) is 26.2 Å². The summed E-state index contributed by atoms with van der Waals surface area (Å²) in [6.45, 7) is 7.95. The van der Waals surface area contributed by atoms with Crippen LogP contribution in [0.5, 0.6) is 0 Å². The van der Waals surface area contributed by atoms with Crippen molar-refractivity contribution in [1.82, 2.24) is 10.2 Å². The highest BCUT2D eigenvalue weighted by atomic mass is 127. The first-order chi connectivity index (χ1) is 10.2. The Morgan fingerprint density at radius 2 is 2.05 bits per heavy atom. The number of nitrogens with one attached hydrogen (secondary N) is 1. The second kappa shape index (κ2) is 10.2. The van der Waals surface area contributed by atoms with Gasteiger partial charge in [-0.3, -0.25) is 4.99 Å². The number of aliphatic imine (C=N–C) groups is 1. The van der Waals surface area contributed by atoms with Gasteiger partial charge in [-0.25, -0.2) is 0 Å². The van der Waals surface area contributed by atoms with Gasteiger partial charge < -0.3 is 15.3 Å². The van der Waals surface area contributed by atoms with Gasteiger partial charge in [0.2, 0.25) is 0 Å². The van der Waals surface area contributed by atoms with Crippen molar-refractivity contribution >= 4 is 41.7 Å². The van der Waals surface area contributed by atoms with Gasteiger partial charge in [0.1, 0.15) is 0 Å². The number of hydrogen-bond acceptors (Lipinski definition) is 3. The topological polar surface area (TPSA) is 47.9 Å². The van der Waals surface area contributed by atoms with Gasteiger partial charge in [0.15, 0.2) is 5.96 Å². The molecule has 1 unspecified atom stereocenters. The summed E-state index contributed by atoms with van der Waals surface area (Å²) in [6.07, 6.45) is 6.56. The van der Waals surface area contributed by atoms with Crippen molar-refractivity contribution in [3.8, 4) is 0 Å². The molecule has 0 amide bonds. The number of nitrogens with zero attached hydrogens (tertiary/aromatic N) is 2. The molecule has 2 fully saturated rings. The van der Waals surface area contributed by atoms with Crippen molar-refractivity contribution in [3.63, 3.8) is 0 Å². The van der Waals surface area contributed by atoms with E-state index >= 15 is 0 Å². The third-order valence-corrected chi connectivity index (χ3v) is 5.91. The Morgan fingerprint density at radius 3 is 2.68 bits per heavy atom. The summed E-state index contributed by atoms with van der Waals surface area (Å²) >= 11 is 2.07. The zero-order valence-corrected chi connectivity index (χ0v) is 17.2. The van der Waals surface area contributed by atoms with Crippen LogP contribution < -0.4 is 5.32 Å². The lowest BCUT2D eigenvalue weighted by atomic mass is 9.85. The van der Waals surface area contributed by atoms with E-state index in [0.29, 0.717) is 11.8 Å². The van der Waals surface area contributed by atoms with Crippen LogP contribution in [0.2, 0.25) is 0 Å². The van der Waals surface area contributed by atoms with Gasteiger partial charge >= 0.3 is 0 Å². The average molecular weight is 441 g/mol. The standard InChI is InChI=1S/C16H31N3OS.HI/c1-3-14-12-19(10-11-21-14)15(17-4-2)18-13-16(20)8-6-5-7-9-16;/h14,20H,3-13H2,1-2H3,(H,17,18);1H. The molecule has 130 valence electrons. The maximum Gasteiger partial charge on any atom is 0.194 e.